The van der Waals surface area contributed by atoms with Crippen molar-refractivity contribution in [1.29, 1.82) is 0 Å². The number of rotatable bonds is 2. The third-order valence-corrected chi connectivity index (χ3v) is 4.54. The van der Waals surface area contributed by atoms with Crippen LogP contribution in [-0.4, -0.2) is 21.3 Å². The summed E-state index contributed by atoms with van der Waals surface area (Å²) in [4.78, 5) is 7.23. The third kappa shape index (κ3) is 2.38. The Morgan fingerprint density at radius 3 is 2.85 bits per heavy atom. The molecule has 0 saturated heterocycles. The van der Waals surface area contributed by atoms with Gasteiger partial charge in [0.05, 0.1) is 11.6 Å². The molecule has 0 amide bonds. The Morgan fingerprint density at radius 1 is 1.00 bits per heavy atom. The van der Waals surface area contributed by atoms with Gasteiger partial charge in [-0.25, -0.2) is 0 Å². The molecule has 0 saturated carbocycles. The summed E-state index contributed by atoms with van der Waals surface area (Å²) < 4.78 is 0. The van der Waals surface area contributed by atoms with Crippen LogP contribution in [0.5, 0.6) is 5.88 Å². The number of H-pyrrole nitrogens is 1. The molecule has 0 fully saturated rings. The number of nitrogens with one attached hydrogen (secondary N) is 1. The van der Waals surface area contributed by atoms with Gasteiger partial charge in [0, 0.05) is 40.0 Å². The number of aromatic nitrogens is 2. The number of pyridine rings is 1. The average Bonchev–Trinajstić information content (AvgIpc) is 3.26. The maximum atomic E-state index is 10.4. The molecule has 26 heavy (non-hydrogen) atoms. The molecule has 1 aliphatic heterocycles. The Bertz CT molecular complexity index is 1290. The molecular formula is C21H14N4O. The van der Waals surface area contributed by atoms with Gasteiger partial charge in [-0.05, 0) is 41.1 Å². The van der Waals surface area contributed by atoms with Gasteiger partial charge in [0.2, 0.25) is 0 Å². The predicted octanol–water partition coefficient (Wildman–Crippen LogP) is 2.73. The standard InChI is InChI=1S/C21H14N4O/c26-21-18(9-13-3-6-19-16(8-13)12-23-25-19)17-5-4-14(10-20(17)24-21)15-2-1-7-22-11-15/h1-12,24,26H. The van der Waals surface area contributed by atoms with E-state index in [0.29, 0.717) is 0 Å². The first-order valence-corrected chi connectivity index (χ1v) is 8.26. The van der Waals surface area contributed by atoms with E-state index in [1.165, 1.54) is 0 Å². The molecule has 4 aromatic rings. The molecule has 0 atom stereocenters. The molecule has 124 valence electrons. The molecule has 2 aromatic heterocycles. The lowest BCUT2D eigenvalue weighted by molar-refractivity contribution is 0.457. The minimum atomic E-state index is 0.155. The summed E-state index contributed by atoms with van der Waals surface area (Å²) in [5.74, 6) is 0.155. The van der Waals surface area contributed by atoms with Gasteiger partial charge in [0.15, 0.2) is 5.88 Å². The van der Waals surface area contributed by atoms with Crippen molar-refractivity contribution in [3.05, 3.63) is 82.6 Å². The van der Waals surface area contributed by atoms with Gasteiger partial charge in [-0.15, -0.1) is 0 Å². The van der Waals surface area contributed by atoms with Gasteiger partial charge in [0.1, 0.15) is 0 Å². The van der Waals surface area contributed by atoms with Crippen LogP contribution >= 0.6 is 0 Å². The number of hydrogen-bond donors (Lipinski definition) is 2. The fourth-order valence-electron chi connectivity index (χ4n) is 3.24. The van der Waals surface area contributed by atoms with Crippen molar-refractivity contribution in [1.82, 2.24) is 9.97 Å². The van der Waals surface area contributed by atoms with Crippen LogP contribution in [0.2, 0.25) is 0 Å². The van der Waals surface area contributed by atoms with Crippen LogP contribution < -0.4 is 10.6 Å². The monoisotopic (exact) mass is 338 g/mol. The molecule has 0 aliphatic carbocycles. The summed E-state index contributed by atoms with van der Waals surface area (Å²) in [6.45, 7) is 0. The van der Waals surface area contributed by atoms with Gasteiger partial charge < -0.3 is 10.1 Å². The highest BCUT2D eigenvalue weighted by molar-refractivity contribution is 5.94. The topological polar surface area (TPSA) is 73.6 Å². The van der Waals surface area contributed by atoms with Gasteiger partial charge in [0.25, 0.3) is 0 Å². The lowest BCUT2D eigenvalue weighted by Gasteiger charge is -2.01. The number of nitrogens with zero attached hydrogens (tertiary/aromatic N) is 3. The number of benzene rings is 2. The summed E-state index contributed by atoms with van der Waals surface area (Å²) in [5.41, 5.74) is 4.72. The zero-order valence-electron chi connectivity index (χ0n) is 13.7. The molecule has 0 radical (unpaired) electrons. The Labute approximate surface area is 148 Å². The largest absolute Gasteiger partial charge is 0.494 e. The molecule has 2 aromatic carbocycles. The van der Waals surface area contributed by atoms with Crippen LogP contribution in [0.3, 0.4) is 0 Å². The van der Waals surface area contributed by atoms with E-state index in [2.05, 4.69) is 20.2 Å². The zero-order valence-corrected chi connectivity index (χ0v) is 13.7. The quantitative estimate of drug-likeness (QED) is 0.590. The normalized spacial score (nSPS) is 13.2. The van der Waals surface area contributed by atoms with E-state index in [1.807, 2.05) is 60.8 Å². The van der Waals surface area contributed by atoms with Gasteiger partial charge in [-0.3, -0.25) is 4.98 Å². The fraction of sp³-hybridized carbons (Fsp3) is 0. The number of aromatic hydroxyl groups is 1. The van der Waals surface area contributed by atoms with Crippen molar-refractivity contribution in [2.75, 3.05) is 0 Å². The Kier molecular flexibility index (Phi) is 3.18. The second-order valence-corrected chi connectivity index (χ2v) is 6.20. The van der Waals surface area contributed by atoms with E-state index in [1.54, 1.807) is 12.4 Å². The van der Waals surface area contributed by atoms with Gasteiger partial charge in [-0.2, -0.15) is 10.2 Å². The van der Waals surface area contributed by atoms with E-state index >= 15 is 0 Å². The van der Waals surface area contributed by atoms with Crippen LogP contribution in [-0.2, 0) is 0 Å². The summed E-state index contributed by atoms with van der Waals surface area (Å²) >= 11 is 0. The highest BCUT2D eigenvalue weighted by atomic mass is 16.3. The van der Waals surface area contributed by atoms with E-state index in [0.717, 1.165) is 43.7 Å². The van der Waals surface area contributed by atoms with Gasteiger partial charge in [-0.1, -0.05) is 24.3 Å². The van der Waals surface area contributed by atoms with Crippen molar-refractivity contribution in [3.63, 3.8) is 0 Å². The first-order valence-electron chi connectivity index (χ1n) is 8.26. The minimum absolute atomic E-state index is 0.155. The fourth-order valence-corrected chi connectivity index (χ4v) is 3.24. The average molecular weight is 338 g/mol. The van der Waals surface area contributed by atoms with Gasteiger partial charge >= 0.3 is 0 Å². The van der Waals surface area contributed by atoms with Crippen molar-refractivity contribution >= 4 is 23.2 Å². The molecule has 5 nitrogen and oxygen atoms in total. The Hall–Kier alpha value is -3.73. The smallest absolute Gasteiger partial charge is 0.196 e. The molecule has 5 heteroatoms. The molecule has 0 bridgehead atoms. The second-order valence-electron chi connectivity index (χ2n) is 6.20. The third-order valence-electron chi connectivity index (χ3n) is 4.54. The van der Waals surface area contributed by atoms with Crippen LogP contribution in [0.1, 0.15) is 11.1 Å². The highest BCUT2D eigenvalue weighted by Crippen LogP contribution is 2.31. The Balaban J connectivity index is 1.65. The van der Waals surface area contributed by atoms with E-state index < -0.39 is 0 Å². The highest BCUT2D eigenvalue weighted by Gasteiger charge is 2.10. The first kappa shape index (κ1) is 14.6. The van der Waals surface area contributed by atoms with Crippen molar-refractivity contribution in [2.45, 2.75) is 0 Å². The summed E-state index contributed by atoms with van der Waals surface area (Å²) in [6, 6.07) is 15.9. The maximum Gasteiger partial charge on any atom is 0.196 e. The molecule has 5 rings (SSSR count). The number of aromatic amines is 1. The van der Waals surface area contributed by atoms with E-state index in [9.17, 15) is 5.11 Å². The van der Waals surface area contributed by atoms with Crippen LogP contribution in [0.4, 0.5) is 0 Å². The van der Waals surface area contributed by atoms with Crippen LogP contribution in [0.15, 0.2) is 71.1 Å². The maximum absolute atomic E-state index is 10.4. The first-order chi connectivity index (χ1) is 12.8. The minimum Gasteiger partial charge on any atom is -0.494 e. The zero-order chi connectivity index (χ0) is 17.5. The molecule has 0 spiro atoms. The van der Waals surface area contributed by atoms with Crippen LogP contribution in [0.25, 0.3) is 28.1 Å². The lowest BCUT2D eigenvalue weighted by Crippen LogP contribution is -2.11. The Morgan fingerprint density at radius 2 is 1.96 bits per heavy atom. The molecule has 0 unspecified atom stereocenters. The lowest BCUT2D eigenvalue weighted by atomic mass is 10.0. The van der Waals surface area contributed by atoms with Crippen molar-refractivity contribution in [2.24, 2.45) is 10.2 Å². The molecular weight excluding hydrogens is 324 g/mol. The van der Waals surface area contributed by atoms with E-state index in [4.69, 9.17) is 0 Å². The molecule has 2 N–H and O–H groups in total. The summed E-state index contributed by atoms with van der Waals surface area (Å²) in [7, 11) is 0. The van der Waals surface area contributed by atoms with E-state index in [-0.39, 0.29) is 5.88 Å². The van der Waals surface area contributed by atoms with Crippen molar-refractivity contribution < 1.29 is 5.11 Å². The van der Waals surface area contributed by atoms with Crippen LogP contribution in [0, 0.1) is 0 Å². The summed E-state index contributed by atoms with van der Waals surface area (Å²) in [6.07, 6.45) is 7.28. The second kappa shape index (κ2) is 5.67. The summed E-state index contributed by atoms with van der Waals surface area (Å²) in [5, 5.41) is 21.2. The molecule has 1 aliphatic rings. The number of hydrogen-bond acceptors (Lipinski definition) is 4. The predicted molar refractivity (Wildman–Crippen MR) is 102 cm³/mol. The number of fused-ring (bicyclic) bond motifs is 2. The molecule has 3 heterocycles. The van der Waals surface area contributed by atoms with Crippen molar-refractivity contribution in [3.8, 4) is 17.0 Å². The SMILES string of the molecule is Oc1[nH]c2cc(-c3cccnc3)ccc2c1C=c1ccc2c(c1)C=NN=2.